The molecule has 1 aromatic heterocycles. The molecule has 1 heterocycles. The zero-order valence-corrected chi connectivity index (χ0v) is 13.2. The molecule has 0 saturated heterocycles. The minimum absolute atomic E-state index is 0.369. The fourth-order valence-corrected chi connectivity index (χ4v) is 4.40. The molecule has 0 N–H and O–H groups in total. The standard InChI is InChI=1S/C18H21ClS/c19-18-9-8-16(15-4-2-1-3-5-15)12-17(18)7-6-14-10-11-20-13-14/h1-5,10-11,13,16-18H,6-9,12H2. The summed E-state index contributed by atoms with van der Waals surface area (Å²) in [6, 6.07) is 13.2. The molecule has 1 aromatic carbocycles. The monoisotopic (exact) mass is 304 g/mol. The van der Waals surface area contributed by atoms with Crippen LogP contribution >= 0.6 is 22.9 Å². The van der Waals surface area contributed by atoms with Gasteiger partial charge in [-0.2, -0.15) is 11.3 Å². The Labute approximate surface area is 130 Å². The molecular formula is C18H21ClS. The van der Waals surface area contributed by atoms with E-state index >= 15 is 0 Å². The van der Waals surface area contributed by atoms with E-state index in [9.17, 15) is 0 Å². The largest absolute Gasteiger partial charge is 0.152 e. The quantitative estimate of drug-likeness (QED) is 0.619. The Kier molecular flexibility index (Phi) is 4.80. The molecule has 0 radical (unpaired) electrons. The van der Waals surface area contributed by atoms with Crippen molar-refractivity contribution in [2.75, 3.05) is 0 Å². The van der Waals surface area contributed by atoms with Gasteiger partial charge in [0.2, 0.25) is 0 Å². The van der Waals surface area contributed by atoms with Gasteiger partial charge in [-0.15, -0.1) is 11.6 Å². The van der Waals surface area contributed by atoms with E-state index in [1.165, 1.54) is 36.8 Å². The summed E-state index contributed by atoms with van der Waals surface area (Å²) in [4.78, 5) is 0. The van der Waals surface area contributed by atoms with E-state index in [0.29, 0.717) is 17.2 Å². The molecule has 0 bridgehead atoms. The second-order valence-corrected chi connectivity index (χ2v) is 7.21. The van der Waals surface area contributed by atoms with Gasteiger partial charge in [0.1, 0.15) is 0 Å². The van der Waals surface area contributed by atoms with Crippen molar-refractivity contribution in [3.05, 3.63) is 58.3 Å². The van der Waals surface area contributed by atoms with Crippen LogP contribution in [0.5, 0.6) is 0 Å². The first-order valence-corrected chi connectivity index (χ1v) is 8.91. The smallest absolute Gasteiger partial charge is 0.0364 e. The molecule has 3 rings (SSSR count). The van der Waals surface area contributed by atoms with Crippen LogP contribution in [0.1, 0.15) is 42.7 Å². The Morgan fingerprint density at radius 2 is 1.95 bits per heavy atom. The number of alkyl halides is 1. The summed E-state index contributed by atoms with van der Waals surface area (Å²) in [5, 5.41) is 4.80. The summed E-state index contributed by atoms with van der Waals surface area (Å²) in [7, 11) is 0. The molecule has 20 heavy (non-hydrogen) atoms. The molecule has 0 aliphatic heterocycles. The van der Waals surface area contributed by atoms with Gasteiger partial charge in [0, 0.05) is 5.38 Å². The SMILES string of the molecule is ClC1CCC(c2ccccc2)CC1CCc1ccsc1. The molecule has 1 saturated carbocycles. The number of benzene rings is 1. The fraction of sp³-hybridized carbons (Fsp3) is 0.444. The minimum Gasteiger partial charge on any atom is -0.152 e. The first-order valence-electron chi connectivity index (χ1n) is 7.53. The van der Waals surface area contributed by atoms with Gasteiger partial charge in [-0.05, 0) is 71.9 Å². The lowest BCUT2D eigenvalue weighted by Crippen LogP contribution is -2.25. The number of thiophene rings is 1. The van der Waals surface area contributed by atoms with Crippen LogP contribution in [0.4, 0.5) is 0 Å². The molecule has 3 unspecified atom stereocenters. The van der Waals surface area contributed by atoms with Gasteiger partial charge in [-0.3, -0.25) is 0 Å². The van der Waals surface area contributed by atoms with Crippen molar-refractivity contribution in [2.24, 2.45) is 5.92 Å². The van der Waals surface area contributed by atoms with Crippen LogP contribution in [0, 0.1) is 5.92 Å². The van der Waals surface area contributed by atoms with Gasteiger partial charge >= 0.3 is 0 Å². The van der Waals surface area contributed by atoms with Crippen molar-refractivity contribution in [3.63, 3.8) is 0 Å². The normalized spacial score (nSPS) is 26.6. The maximum atomic E-state index is 6.58. The molecule has 2 heteroatoms. The molecule has 0 nitrogen and oxygen atoms in total. The highest BCUT2D eigenvalue weighted by Crippen LogP contribution is 2.40. The molecule has 1 aliphatic rings. The highest BCUT2D eigenvalue weighted by atomic mass is 35.5. The van der Waals surface area contributed by atoms with Gasteiger partial charge in [-0.1, -0.05) is 30.3 Å². The molecular weight excluding hydrogens is 284 g/mol. The third-order valence-corrected chi connectivity index (χ3v) is 5.85. The van der Waals surface area contributed by atoms with Crippen molar-refractivity contribution >= 4 is 22.9 Å². The lowest BCUT2D eigenvalue weighted by atomic mass is 9.76. The summed E-state index contributed by atoms with van der Waals surface area (Å²) in [5.74, 6) is 1.37. The van der Waals surface area contributed by atoms with Crippen LogP contribution in [0.25, 0.3) is 0 Å². The van der Waals surface area contributed by atoms with Crippen LogP contribution in [0.3, 0.4) is 0 Å². The Balaban J connectivity index is 1.61. The third kappa shape index (κ3) is 3.45. The maximum absolute atomic E-state index is 6.58. The van der Waals surface area contributed by atoms with Crippen LogP contribution in [-0.2, 0) is 6.42 Å². The molecule has 1 aliphatic carbocycles. The van der Waals surface area contributed by atoms with E-state index in [4.69, 9.17) is 11.6 Å². The van der Waals surface area contributed by atoms with Gasteiger partial charge in [0.05, 0.1) is 0 Å². The molecule has 1 fully saturated rings. The fourth-order valence-electron chi connectivity index (χ4n) is 3.34. The molecule has 0 spiro atoms. The predicted molar refractivity (Wildman–Crippen MR) is 88.8 cm³/mol. The van der Waals surface area contributed by atoms with Gasteiger partial charge in [0.25, 0.3) is 0 Å². The first-order chi connectivity index (χ1) is 9.83. The summed E-state index contributed by atoms with van der Waals surface area (Å²) in [6.07, 6.45) is 6.07. The van der Waals surface area contributed by atoms with Crippen molar-refractivity contribution in [1.29, 1.82) is 0 Å². The van der Waals surface area contributed by atoms with Crippen molar-refractivity contribution in [3.8, 4) is 0 Å². The zero-order chi connectivity index (χ0) is 13.8. The maximum Gasteiger partial charge on any atom is 0.0364 e. The van der Waals surface area contributed by atoms with Gasteiger partial charge < -0.3 is 0 Å². The minimum atomic E-state index is 0.369. The summed E-state index contributed by atoms with van der Waals surface area (Å²) in [5.41, 5.74) is 2.97. The molecule has 0 amide bonds. The highest BCUT2D eigenvalue weighted by molar-refractivity contribution is 7.07. The van der Waals surface area contributed by atoms with Gasteiger partial charge in [-0.25, -0.2) is 0 Å². The van der Waals surface area contributed by atoms with E-state index in [1.54, 1.807) is 11.3 Å². The van der Waals surface area contributed by atoms with E-state index in [2.05, 4.69) is 47.2 Å². The molecule has 2 aromatic rings. The van der Waals surface area contributed by atoms with Crippen LogP contribution in [0.2, 0.25) is 0 Å². The number of aryl methyl sites for hydroxylation is 1. The Bertz CT molecular complexity index is 505. The Hall–Kier alpha value is -0.790. The number of halogens is 1. The van der Waals surface area contributed by atoms with Crippen molar-refractivity contribution in [1.82, 2.24) is 0 Å². The van der Waals surface area contributed by atoms with E-state index in [1.807, 2.05) is 0 Å². The average molecular weight is 305 g/mol. The second-order valence-electron chi connectivity index (χ2n) is 5.87. The number of rotatable bonds is 4. The van der Waals surface area contributed by atoms with E-state index in [0.717, 1.165) is 6.42 Å². The lowest BCUT2D eigenvalue weighted by Gasteiger charge is -2.33. The van der Waals surface area contributed by atoms with Crippen molar-refractivity contribution in [2.45, 2.75) is 43.4 Å². The van der Waals surface area contributed by atoms with Crippen LogP contribution in [-0.4, -0.2) is 5.38 Å². The predicted octanol–water partition coefficient (Wildman–Crippen LogP) is 5.87. The Morgan fingerprint density at radius 1 is 1.10 bits per heavy atom. The second kappa shape index (κ2) is 6.78. The highest BCUT2D eigenvalue weighted by Gasteiger charge is 2.29. The topological polar surface area (TPSA) is 0 Å². The zero-order valence-electron chi connectivity index (χ0n) is 11.7. The van der Waals surface area contributed by atoms with Crippen molar-refractivity contribution < 1.29 is 0 Å². The molecule has 3 atom stereocenters. The van der Waals surface area contributed by atoms with Gasteiger partial charge in [0.15, 0.2) is 0 Å². The number of hydrogen-bond donors (Lipinski definition) is 0. The Morgan fingerprint density at radius 3 is 2.70 bits per heavy atom. The summed E-state index contributed by atoms with van der Waals surface area (Å²) < 4.78 is 0. The van der Waals surface area contributed by atoms with Crippen LogP contribution < -0.4 is 0 Å². The van der Waals surface area contributed by atoms with E-state index in [-0.39, 0.29) is 0 Å². The first kappa shape index (κ1) is 14.2. The number of hydrogen-bond acceptors (Lipinski definition) is 1. The van der Waals surface area contributed by atoms with Crippen LogP contribution in [0.15, 0.2) is 47.2 Å². The molecule has 106 valence electrons. The van der Waals surface area contributed by atoms with E-state index < -0.39 is 0 Å². The summed E-state index contributed by atoms with van der Waals surface area (Å²) in [6.45, 7) is 0. The average Bonchev–Trinajstić information content (AvgIpc) is 3.01. The summed E-state index contributed by atoms with van der Waals surface area (Å²) >= 11 is 8.37. The lowest BCUT2D eigenvalue weighted by molar-refractivity contribution is 0.312. The third-order valence-electron chi connectivity index (χ3n) is 4.54.